The Kier molecular flexibility index (Phi) is 4.44. The fraction of sp³-hybridized carbons (Fsp3) is 0.462. The molecule has 1 aromatic carbocycles. The zero-order chi connectivity index (χ0) is 14.7. The average molecular weight is 299 g/mol. The summed E-state index contributed by atoms with van der Waals surface area (Å²) in [5.41, 5.74) is 0.550. The summed E-state index contributed by atoms with van der Waals surface area (Å²) in [5.74, 6) is -0.540. The van der Waals surface area contributed by atoms with E-state index in [4.69, 9.17) is 16.7 Å². The van der Waals surface area contributed by atoms with Gasteiger partial charge in [0.1, 0.15) is 5.69 Å². The molecule has 1 aliphatic heterocycles. The Balaban J connectivity index is 2.10. The molecule has 1 aliphatic rings. The average Bonchev–Trinajstić information content (AvgIpc) is 2.84. The van der Waals surface area contributed by atoms with E-state index in [1.807, 2.05) is 4.90 Å². The van der Waals surface area contributed by atoms with E-state index in [2.05, 4.69) is 0 Å². The first-order chi connectivity index (χ1) is 9.47. The Bertz CT molecular complexity index is 535. The van der Waals surface area contributed by atoms with E-state index in [-0.39, 0.29) is 18.0 Å². The van der Waals surface area contributed by atoms with Crippen molar-refractivity contribution in [2.24, 2.45) is 5.92 Å². The minimum Gasteiger partial charge on any atom is -0.481 e. The Labute approximate surface area is 121 Å². The number of hydrogen-bond acceptors (Lipinski definition) is 4. The largest absolute Gasteiger partial charge is 0.481 e. The van der Waals surface area contributed by atoms with Crippen molar-refractivity contribution in [1.82, 2.24) is 0 Å². The molecule has 0 amide bonds. The fourth-order valence-corrected chi connectivity index (χ4v) is 2.69. The van der Waals surface area contributed by atoms with Crippen molar-refractivity contribution in [2.45, 2.75) is 19.3 Å². The SMILES string of the molecule is O=C(O)CCC1CCN(c2ccc(Cl)cc2[N+](=O)[O-])C1. The lowest BCUT2D eigenvalue weighted by Gasteiger charge is -2.18. The van der Waals surface area contributed by atoms with Crippen LogP contribution in [0.15, 0.2) is 18.2 Å². The predicted octanol–water partition coefficient (Wildman–Crippen LogP) is 2.94. The molecule has 108 valence electrons. The standard InChI is InChI=1S/C13H15ClN2O4/c14-10-2-3-11(12(7-10)16(19)20)15-6-5-9(8-15)1-4-13(17)18/h2-3,7,9H,1,4-6,8H2,(H,17,18). The van der Waals surface area contributed by atoms with Crippen LogP contribution in [0.2, 0.25) is 5.02 Å². The lowest BCUT2D eigenvalue weighted by molar-refractivity contribution is -0.384. The fourth-order valence-electron chi connectivity index (χ4n) is 2.52. The van der Waals surface area contributed by atoms with E-state index in [0.717, 1.165) is 6.42 Å². The summed E-state index contributed by atoms with van der Waals surface area (Å²) in [7, 11) is 0. The normalized spacial score (nSPS) is 18.2. The van der Waals surface area contributed by atoms with Crippen LogP contribution < -0.4 is 4.90 Å². The summed E-state index contributed by atoms with van der Waals surface area (Å²) < 4.78 is 0. The van der Waals surface area contributed by atoms with Crippen LogP contribution >= 0.6 is 11.6 Å². The van der Waals surface area contributed by atoms with Gasteiger partial charge in [0.2, 0.25) is 0 Å². The van der Waals surface area contributed by atoms with Crippen molar-refractivity contribution in [2.75, 3.05) is 18.0 Å². The number of nitro groups is 1. The molecular weight excluding hydrogens is 284 g/mol. The third kappa shape index (κ3) is 3.39. The first-order valence-electron chi connectivity index (χ1n) is 6.38. The second-order valence-electron chi connectivity index (χ2n) is 4.92. The highest BCUT2D eigenvalue weighted by Gasteiger charge is 2.27. The smallest absolute Gasteiger partial charge is 0.303 e. The second-order valence-corrected chi connectivity index (χ2v) is 5.36. The van der Waals surface area contributed by atoms with Crippen LogP contribution in [0, 0.1) is 16.0 Å². The van der Waals surface area contributed by atoms with Crippen molar-refractivity contribution < 1.29 is 14.8 Å². The van der Waals surface area contributed by atoms with Gasteiger partial charge in [-0.2, -0.15) is 0 Å². The maximum absolute atomic E-state index is 11.1. The lowest BCUT2D eigenvalue weighted by Crippen LogP contribution is -2.20. The maximum atomic E-state index is 11.1. The van der Waals surface area contributed by atoms with E-state index in [9.17, 15) is 14.9 Å². The van der Waals surface area contributed by atoms with Gasteiger partial charge in [-0.1, -0.05) is 11.6 Å². The zero-order valence-electron chi connectivity index (χ0n) is 10.8. The molecule has 1 aromatic rings. The van der Waals surface area contributed by atoms with Gasteiger partial charge in [0.25, 0.3) is 5.69 Å². The van der Waals surface area contributed by atoms with E-state index in [1.54, 1.807) is 12.1 Å². The first-order valence-corrected chi connectivity index (χ1v) is 6.76. The molecule has 2 rings (SSSR count). The molecule has 0 saturated carbocycles. The highest BCUT2D eigenvalue weighted by atomic mass is 35.5. The van der Waals surface area contributed by atoms with E-state index >= 15 is 0 Å². The highest BCUT2D eigenvalue weighted by molar-refractivity contribution is 6.30. The van der Waals surface area contributed by atoms with Gasteiger partial charge in [0, 0.05) is 30.6 Å². The van der Waals surface area contributed by atoms with Crippen molar-refractivity contribution in [3.8, 4) is 0 Å². The third-order valence-corrected chi connectivity index (χ3v) is 3.76. The summed E-state index contributed by atoms with van der Waals surface area (Å²) in [6.45, 7) is 1.35. The molecule has 0 bridgehead atoms. The quantitative estimate of drug-likeness (QED) is 0.667. The molecule has 1 atom stereocenters. The number of carboxylic acids is 1. The van der Waals surface area contributed by atoms with Gasteiger partial charge in [0.05, 0.1) is 4.92 Å². The Morgan fingerprint density at radius 2 is 2.30 bits per heavy atom. The molecule has 1 saturated heterocycles. The molecule has 1 unspecified atom stereocenters. The number of benzene rings is 1. The molecule has 0 radical (unpaired) electrons. The highest BCUT2D eigenvalue weighted by Crippen LogP contribution is 2.35. The Hall–Kier alpha value is -1.82. The number of carbonyl (C=O) groups is 1. The van der Waals surface area contributed by atoms with Crippen LogP contribution in [0.3, 0.4) is 0 Å². The number of nitrogens with zero attached hydrogens (tertiary/aromatic N) is 2. The van der Waals surface area contributed by atoms with Gasteiger partial charge in [0.15, 0.2) is 0 Å². The number of carboxylic acid groups (broad SMARTS) is 1. The minimum absolute atomic E-state index is 0.00335. The zero-order valence-corrected chi connectivity index (χ0v) is 11.5. The number of aliphatic carboxylic acids is 1. The molecular formula is C13H15ClN2O4. The number of nitro benzene ring substituents is 1. The second kappa shape index (κ2) is 6.09. The molecule has 6 nitrogen and oxygen atoms in total. The molecule has 0 spiro atoms. The van der Waals surface area contributed by atoms with Crippen LogP contribution in [-0.2, 0) is 4.79 Å². The molecule has 7 heteroatoms. The van der Waals surface area contributed by atoms with Crippen molar-refractivity contribution >= 4 is 28.9 Å². The molecule has 0 aliphatic carbocycles. The molecule has 1 N–H and O–H groups in total. The molecule has 1 heterocycles. The van der Waals surface area contributed by atoms with Gasteiger partial charge < -0.3 is 10.0 Å². The summed E-state index contributed by atoms with van der Waals surface area (Å²) in [5, 5.41) is 20.1. The summed E-state index contributed by atoms with van der Waals surface area (Å²) in [6, 6.07) is 4.63. The van der Waals surface area contributed by atoms with Crippen LogP contribution in [0.1, 0.15) is 19.3 Å². The van der Waals surface area contributed by atoms with E-state index in [1.165, 1.54) is 6.07 Å². The third-order valence-electron chi connectivity index (χ3n) is 3.53. The maximum Gasteiger partial charge on any atom is 0.303 e. The summed E-state index contributed by atoms with van der Waals surface area (Å²) >= 11 is 5.79. The number of halogens is 1. The van der Waals surface area contributed by atoms with Gasteiger partial charge in [-0.25, -0.2) is 0 Å². The molecule has 20 heavy (non-hydrogen) atoms. The summed E-state index contributed by atoms with van der Waals surface area (Å²) in [4.78, 5) is 23.1. The Morgan fingerprint density at radius 3 is 2.95 bits per heavy atom. The van der Waals surface area contributed by atoms with E-state index < -0.39 is 10.9 Å². The number of hydrogen-bond donors (Lipinski definition) is 1. The van der Waals surface area contributed by atoms with Gasteiger partial charge in [-0.3, -0.25) is 14.9 Å². The number of rotatable bonds is 5. The topological polar surface area (TPSA) is 83.7 Å². The Morgan fingerprint density at radius 1 is 1.55 bits per heavy atom. The monoisotopic (exact) mass is 298 g/mol. The van der Waals surface area contributed by atoms with Crippen LogP contribution in [0.4, 0.5) is 11.4 Å². The van der Waals surface area contributed by atoms with Gasteiger partial charge in [-0.05, 0) is 30.9 Å². The molecule has 1 fully saturated rings. The van der Waals surface area contributed by atoms with Crippen LogP contribution in [0.25, 0.3) is 0 Å². The first kappa shape index (κ1) is 14.6. The van der Waals surface area contributed by atoms with E-state index in [0.29, 0.717) is 30.2 Å². The van der Waals surface area contributed by atoms with Gasteiger partial charge >= 0.3 is 5.97 Å². The van der Waals surface area contributed by atoms with Crippen molar-refractivity contribution in [3.63, 3.8) is 0 Å². The molecule has 0 aromatic heterocycles. The predicted molar refractivity (Wildman–Crippen MR) is 75.3 cm³/mol. The van der Waals surface area contributed by atoms with Crippen molar-refractivity contribution in [3.05, 3.63) is 33.3 Å². The van der Waals surface area contributed by atoms with Crippen LogP contribution in [0.5, 0.6) is 0 Å². The minimum atomic E-state index is -0.805. The van der Waals surface area contributed by atoms with Crippen LogP contribution in [-0.4, -0.2) is 29.1 Å². The van der Waals surface area contributed by atoms with Crippen molar-refractivity contribution in [1.29, 1.82) is 0 Å². The summed E-state index contributed by atoms with van der Waals surface area (Å²) in [6.07, 6.45) is 1.60. The lowest BCUT2D eigenvalue weighted by atomic mass is 10.0. The number of anilines is 1. The van der Waals surface area contributed by atoms with Gasteiger partial charge in [-0.15, -0.1) is 0 Å².